The Morgan fingerprint density at radius 3 is 2.56 bits per heavy atom. The second-order valence-electron chi connectivity index (χ2n) is 6.96. The van der Waals surface area contributed by atoms with Gasteiger partial charge in [-0.25, -0.2) is 0 Å². The van der Waals surface area contributed by atoms with E-state index >= 15 is 0 Å². The van der Waals surface area contributed by atoms with Crippen LogP contribution in [0.25, 0.3) is 0 Å². The average Bonchev–Trinajstić information content (AvgIpc) is 2.66. The van der Waals surface area contributed by atoms with Crippen molar-refractivity contribution in [1.29, 1.82) is 0 Å². The summed E-state index contributed by atoms with van der Waals surface area (Å²) in [6, 6.07) is 9.17. The maximum absolute atomic E-state index is 12.4. The third-order valence-electron chi connectivity index (χ3n) is 4.91. The van der Waals surface area contributed by atoms with E-state index in [-0.39, 0.29) is 23.8 Å². The van der Waals surface area contributed by atoms with Crippen molar-refractivity contribution in [2.45, 2.75) is 45.1 Å². The molecule has 142 valence electrons. The van der Waals surface area contributed by atoms with E-state index in [1.165, 1.54) is 0 Å². The summed E-state index contributed by atoms with van der Waals surface area (Å²) in [4.78, 5) is 28.5. The molecule has 0 atom stereocenters. The number of rotatable bonds is 5. The Balaban J connectivity index is 1.46. The van der Waals surface area contributed by atoms with Gasteiger partial charge < -0.3 is 10.1 Å². The summed E-state index contributed by atoms with van der Waals surface area (Å²) >= 11 is 6.19. The van der Waals surface area contributed by atoms with Gasteiger partial charge in [-0.3, -0.25) is 14.6 Å². The highest BCUT2D eigenvalue weighted by Crippen LogP contribution is 2.30. The summed E-state index contributed by atoms with van der Waals surface area (Å²) in [5.74, 6) is 0.00667. The molecule has 1 aromatic carbocycles. The first-order valence-electron chi connectivity index (χ1n) is 9.18. The van der Waals surface area contributed by atoms with E-state index in [1.807, 2.05) is 31.2 Å². The lowest BCUT2D eigenvalue weighted by Gasteiger charge is -2.28. The number of amides is 1. The molecule has 27 heavy (non-hydrogen) atoms. The first-order chi connectivity index (χ1) is 13.0. The highest BCUT2D eigenvalue weighted by Gasteiger charge is 2.29. The molecule has 6 heteroatoms. The molecule has 0 unspecified atom stereocenters. The summed E-state index contributed by atoms with van der Waals surface area (Å²) in [7, 11) is 0. The van der Waals surface area contributed by atoms with Gasteiger partial charge in [-0.1, -0.05) is 23.7 Å². The number of esters is 1. The highest BCUT2D eigenvalue weighted by atomic mass is 35.5. The van der Waals surface area contributed by atoms with Gasteiger partial charge in [0.25, 0.3) is 0 Å². The third kappa shape index (κ3) is 5.30. The molecule has 5 nitrogen and oxygen atoms in total. The van der Waals surface area contributed by atoms with E-state index in [1.54, 1.807) is 18.5 Å². The zero-order valence-electron chi connectivity index (χ0n) is 15.3. The predicted octanol–water partition coefficient (Wildman–Crippen LogP) is 3.87. The van der Waals surface area contributed by atoms with Gasteiger partial charge in [-0.05, 0) is 61.9 Å². The summed E-state index contributed by atoms with van der Waals surface area (Å²) in [5.41, 5.74) is 1.82. The molecule has 1 aliphatic carbocycles. The van der Waals surface area contributed by atoms with Crippen molar-refractivity contribution < 1.29 is 14.3 Å². The number of nitrogens with one attached hydrogen (secondary N) is 1. The molecule has 1 N–H and O–H groups in total. The molecule has 1 saturated carbocycles. The van der Waals surface area contributed by atoms with Crippen LogP contribution in [0.1, 0.15) is 36.8 Å². The Morgan fingerprint density at radius 1 is 1.15 bits per heavy atom. The monoisotopic (exact) mass is 386 g/mol. The number of aryl methyl sites for hydroxylation is 1. The molecule has 0 aliphatic heterocycles. The Labute approximate surface area is 164 Å². The average molecular weight is 387 g/mol. The summed E-state index contributed by atoms with van der Waals surface area (Å²) < 4.78 is 5.50. The van der Waals surface area contributed by atoms with Crippen molar-refractivity contribution in [3.63, 3.8) is 0 Å². The lowest BCUT2D eigenvalue weighted by atomic mass is 9.86. The van der Waals surface area contributed by atoms with Crippen molar-refractivity contribution >= 4 is 23.5 Å². The quantitative estimate of drug-likeness (QED) is 0.625. The maximum atomic E-state index is 12.4. The van der Waals surface area contributed by atoms with Gasteiger partial charge in [0.15, 0.2) is 0 Å². The van der Waals surface area contributed by atoms with Crippen molar-refractivity contribution in [2.24, 2.45) is 5.92 Å². The zero-order chi connectivity index (χ0) is 19.2. The number of benzene rings is 1. The Bertz CT molecular complexity index is 802. The molecule has 0 bridgehead atoms. The second kappa shape index (κ2) is 9.00. The first-order valence-corrected chi connectivity index (χ1v) is 9.56. The number of carbonyl (C=O) groups is 2. The van der Waals surface area contributed by atoms with Crippen molar-refractivity contribution in [3.8, 4) is 5.75 Å². The molecule has 1 aromatic heterocycles. The van der Waals surface area contributed by atoms with Gasteiger partial charge in [0, 0.05) is 18.4 Å². The van der Waals surface area contributed by atoms with Crippen LogP contribution in [-0.4, -0.2) is 22.9 Å². The van der Waals surface area contributed by atoms with Gasteiger partial charge in [-0.15, -0.1) is 0 Å². The van der Waals surface area contributed by atoms with Crippen LogP contribution in [0.15, 0.2) is 42.7 Å². The number of nitrogens with zero attached hydrogens (tertiary/aromatic N) is 1. The normalized spacial score (nSPS) is 19.3. The van der Waals surface area contributed by atoms with Crippen LogP contribution in [0.3, 0.4) is 0 Å². The van der Waals surface area contributed by atoms with E-state index < -0.39 is 0 Å². The number of hydrogen-bond donors (Lipinski definition) is 1. The maximum Gasteiger partial charge on any atom is 0.314 e. The molecular formula is C21H23ClN2O3. The van der Waals surface area contributed by atoms with Gasteiger partial charge in [0.05, 0.1) is 17.4 Å². The van der Waals surface area contributed by atoms with Gasteiger partial charge in [-0.2, -0.15) is 0 Å². The minimum Gasteiger partial charge on any atom is -0.425 e. The smallest absolute Gasteiger partial charge is 0.314 e. The number of carbonyl (C=O) groups excluding carboxylic acids is 2. The fourth-order valence-corrected chi connectivity index (χ4v) is 3.49. The molecule has 1 heterocycles. The van der Waals surface area contributed by atoms with E-state index in [4.69, 9.17) is 16.3 Å². The van der Waals surface area contributed by atoms with E-state index in [0.29, 0.717) is 30.0 Å². The molecule has 2 aromatic rings. The summed E-state index contributed by atoms with van der Waals surface area (Å²) in [5, 5.41) is 3.54. The lowest BCUT2D eigenvalue weighted by Crippen LogP contribution is -2.40. The number of pyridine rings is 1. The van der Waals surface area contributed by atoms with E-state index in [9.17, 15) is 9.59 Å². The summed E-state index contributed by atoms with van der Waals surface area (Å²) in [6.45, 7) is 1.87. The molecule has 0 spiro atoms. The number of halogens is 1. The molecule has 1 aliphatic rings. The summed E-state index contributed by atoms with van der Waals surface area (Å²) in [6.07, 6.45) is 6.63. The largest absolute Gasteiger partial charge is 0.425 e. The number of aromatic nitrogens is 1. The topological polar surface area (TPSA) is 68.3 Å². The van der Waals surface area contributed by atoms with Crippen LogP contribution in [0.5, 0.6) is 5.75 Å². The third-order valence-corrected chi connectivity index (χ3v) is 5.39. The van der Waals surface area contributed by atoms with Gasteiger partial charge in [0.2, 0.25) is 5.91 Å². The molecule has 3 rings (SSSR count). The molecule has 0 radical (unpaired) electrons. The van der Waals surface area contributed by atoms with Crippen LogP contribution in [0.4, 0.5) is 0 Å². The van der Waals surface area contributed by atoms with Crippen LogP contribution in [-0.2, 0) is 16.0 Å². The Hall–Kier alpha value is -2.40. The van der Waals surface area contributed by atoms with Crippen LogP contribution in [0.2, 0.25) is 5.02 Å². The lowest BCUT2D eigenvalue weighted by molar-refractivity contribution is -0.140. The number of hydrogen-bond acceptors (Lipinski definition) is 4. The Morgan fingerprint density at radius 2 is 1.85 bits per heavy atom. The highest BCUT2D eigenvalue weighted by molar-refractivity contribution is 6.32. The van der Waals surface area contributed by atoms with E-state index in [2.05, 4.69) is 10.3 Å². The minimum absolute atomic E-state index is 0.00114. The molecular weight excluding hydrogens is 364 g/mol. The molecule has 1 amide bonds. The molecule has 1 fully saturated rings. The first kappa shape index (κ1) is 19.4. The number of ether oxygens (including phenoxy) is 1. The second-order valence-corrected chi connectivity index (χ2v) is 7.33. The van der Waals surface area contributed by atoms with Crippen LogP contribution < -0.4 is 10.1 Å². The van der Waals surface area contributed by atoms with Crippen molar-refractivity contribution in [2.75, 3.05) is 0 Å². The predicted molar refractivity (Wildman–Crippen MR) is 104 cm³/mol. The standard InChI is InChI=1S/C21H23ClN2O3/c1-14-3-2-4-18(20(14)22)27-21(26)16-5-7-17(8-6-16)24-19(25)13-15-9-11-23-12-10-15/h2-4,9-12,16-17H,5-8,13H2,1H3,(H,24,25). The van der Waals surface area contributed by atoms with E-state index in [0.717, 1.165) is 24.0 Å². The SMILES string of the molecule is Cc1cccc(OC(=O)C2CCC(NC(=O)Cc3ccncc3)CC2)c1Cl. The van der Waals surface area contributed by atoms with Crippen molar-refractivity contribution in [3.05, 3.63) is 58.9 Å². The Kier molecular flexibility index (Phi) is 6.45. The fourth-order valence-electron chi connectivity index (χ4n) is 3.33. The molecule has 0 saturated heterocycles. The van der Waals surface area contributed by atoms with Crippen LogP contribution in [0, 0.1) is 12.8 Å². The zero-order valence-corrected chi connectivity index (χ0v) is 16.0. The van der Waals surface area contributed by atoms with Gasteiger partial charge in [0.1, 0.15) is 5.75 Å². The fraction of sp³-hybridized carbons (Fsp3) is 0.381. The van der Waals surface area contributed by atoms with Gasteiger partial charge >= 0.3 is 5.97 Å². The van der Waals surface area contributed by atoms with Crippen molar-refractivity contribution in [1.82, 2.24) is 10.3 Å². The van der Waals surface area contributed by atoms with Crippen LogP contribution >= 0.6 is 11.6 Å². The minimum atomic E-state index is -0.246.